The van der Waals surface area contributed by atoms with Crippen LogP contribution >= 0.6 is 0 Å². The molecule has 1 aliphatic heterocycles. The Morgan fingerprint density at radius 1 is 1.00 bits per heavy atom. The van der Waals surface area contributed by atoms with Gasteiger partial charge in [-0.1, -0.05) is 33.1 Å². The van der Waals surface area contributed by atoms with Gasteiger partial charge in [0.25, 0.3) is 0 Å². The lowest BCUT2D eigenvalue weighted by molar-refractivity contribution is 0.553. The van der Waals surface area contributed by atoms with Crippen molar-refractivity contribution in [3.63, 3.8) is 0 Å². The van der Waals surface area contributed by atoms with E-state index in [2.05, 4.69) is 42.7 Å². The third kappa shape index (κ3) is 3.69. The Labute approximate surface area is 104 Å². The van der Waals surface area contributed by atoms with Gasteiger partial charge in [-0.15, -0.1) is 0 Å². The summed E-state index contributed by atoms with van der Waals surface area (Å²) in [4.78, 5) is 0. The van der Waals surface area contributed by atoms with Gasteiger partial charge in [0.05, 0.1) is 0 Å². The summed E-state index contributed by atoms with van der Waals surface area (Å²) >= 11 is 0. The molecule has 1 aliphatic rings. The number of rotatable bonds is 6. The molecule has 1 fully saturated rings. The van der Waals surface area contributed by atoms with E-state index in [0.29, 0.717) is 0 Å². The maximum atomic E-state index is 3.52. The molecule has 2 nitrogen and oxygen atoms in total. The summed E-state index contributed by atoms with van der Waals surface area (Å²) in [6.07, 6.45) is 2.59. The van der Waals surface area contributed by atoms with Crippen molar-refractivity contribution < 1.29 is 0 Å². The molecule has 0 aromatic heterocycles. The van der Waals surface area contributed by atoms with E-state index in [4.69, 9.17) is 0 Å². The fourth-order valence-corrected chi connectivity index (χ4v) is 17.2. The normalized spacial score (nSPS) is 23.8. The molecule has 0 atom stereocenters. The summed E-state index contributed by atoms with van der Waals surface area (Å²) in [5, 5.41) is 3.52. The predicted molar refractivity (Wildman–Crippen MR) is 79.1 cm³/mol. The molecule has 0 unspecified atom stereocenters. The van der Waals surface area contributed by atoms with Crippen molar-refractivity contribution in [2.24, 2.45) is 0 Å². The first-order valence-corrected chi connectivity index (χ1v) is 13.2. The molecule has 1 N–H and O–H groups in total. The van der Waals surface area contributed by atoms with Crippen LogP contribution in [-0.4, -0.2) is 40.3 Å². The summed E-state index contributed by atoms with van der Waals surface area (Å²) in [6.45, 7) is 16.2. The minimum Gasteiger partial charge on any atom is -0.345 e. The van der Waals surface area contributed by atoms with E-state index in [1.165, 1.54) is 44.6 Å². The highest BCUT2D eigenvalue weighted by Gasteiger charge is 2.46. The minimum atomic E-state index is -1.01. The maximum Gasteiger partial charge on any atom is 0.115 e. The van der Waals surface area contributed by atoms with Crippen LogP contribution in [0, 0.1) is 0 Å². The van der Waals surface area contributed by atoms with Crippen LogP contribution in [0.15, 0.2) is 0 Å². The Kier molecular flexibility index (Phi) is 5.23. The van der Waals surface area contributed by atoms with Gasteiger partial charge >= 0.3 is 0 Å². The van der Waals surface area contributed by atoms with Crippen molar-refractivity contribution in [3.05, 3.63) is 0 Å². The van der Waals surface area contributed by atoms with Crippen molar-refractivity contribution >= 4 is 16.5 Å². The Morgan fingerprint density at radius 2 is 1.56 bits per heavy atom. The summed E-state index contributed by atoms with van der Waals surface area (Å²) in [5.41, 5.74) is 0. The SMILES string of the molecule is CCCNCCCN1[Si](C)(C)CC[Si]1(C)C. The largest absolute Gasteiger partial charge is 0.345 e. The Balaban J connectivity index is 2.33. The molecule has 0 spiro atoms. The molecule has 96 valence electrons. The van der Waals surface area contributed by atoms with Gasteiger partial charge in [-0.05, 0) is 44.6 Å². The first kappa shape index (κ1) is 14.4. The average Bonchev–Trinajstić information content (AvgIpc) is 2.39. The quantitative estimate of drug-likeness (QED) is 0.582. The van der Waals surface area contributed by atoms with Crippen LogP contribution in [0.25, 0.3) is 0 Å². The van der Waals surface area contributed by atoms with Crippen LogP contribution in [0.2, 0.25) is 38.3 Å². The molecule has 0 aliphatic carbocycles. The zero-order valence-electron chi connectivity index (χ0n) is 11.9. The molecule has 0 aromatic rings. The van der Waals surface area contributed by atoms with Crippen molar-refractivity contribution in [1.29, 1.82) is 0 Å². The second kappa shape index (κ2) is 5.80. The van der Waals surface area contributed by atoms with E-state index in [-0.39, 0.29) is 0 Å². The maximum absolute atomic E-state index is 3.52. The van der Waals surface area contributed by atoms with Gasteiger partial charge in [0.2, 0.25) is 0 Å². The van der Waals surface area contributed by atoms with Gasteiger partial charge < -0.3 is 9.55 Å². The Bertz CT molecular complexity index is 201. The van der Waals surface area contributed by atoms with Crippen molar-refractivity contribution in [2.75, 3.05) is 19.6 Å². The molecule has 4 heteroatoms. The van der Waals surface area contributed by atoms with E-state index >= 15 is 0 Å². The van der Waals surface area contributed by atoms with E-state index < -0.39 is 16.5 Å². The molecule has 0 radical (unpaired) electrons. The average molecular weight is 259 g/mol. The Morgan fingerprint density at radius 3 is 2.06 bits per heavy atom. The van der Waals surface area contributed by atoms with Crippen molar-refractivity contribution in [2.45, 2.75) is 58.0 Å². The lowest BCUT2D eigenvalue weighted by Gasteiger charge is -2.38. The minimum absolute atomic E-state index is 1.01. The second-order valence-corrected chi connectivity index (χ2v) is 16.2. The van der Waals surface area contributed by atoms with Gasteiger partial charge in [-0.3, -0.25) is 0 Å². The fourth-order valence-electron chi connectivity index (χ4n) is 2.97. The highest BCUT2D eigenvalue weighted by Crippen LogP contribution is 2.36. The van der Waals surface area contributed by atoms with Crippen molar-refractivity contribution in [3.8, 4) is 0 Å². The van der Waals surface area contributed by atoms with Gasteiger partial charge in [-0.25, -0.2) is 0 Å². The highest BCUT2D eigenvalue weighted by atomic mass is 28.4. The van der Waals surface area contributed by atoms with Crippen molar-refractivity contribution in [1.82, 2.24) is 9.55 Å². The van der Waals surface area contributed by atoms with Crippen LogP contribution in [0.4, 0.5) is 0 Å². The third-order valence-corrected chi connectivity index (χ3v) is 14.4. The smallest absolute Gasteiger partial charge is 0.115 e. The molecule has 0 amide bonds. The zero-order chi connectivity index (χ0) is 12.2. The summed E-state index contributed by atoms with van der Waals surface area (Å²) in [7, 11) is -2.01. The van der Waals surface area contributed by atoms with E-state index in [0.717, 1.165) is 0 Å². The summed E-state index contributed by atoms with van der Waals surface area (Å²) in [6, 6.07) is 3.07. The molecule has 16 heavy (non-hydrogen) atoms. The van der Waals surface area contributed by atoms with E-state index in [1.807, 2.05) is 0 Å². The molecule has 1 saturated heterocycles. The van der Waals surface area contributed by atoms with Crippen LogP contribution in [0.5, 0.6) is 0 Å². The fraction of sp³-hybridized carbons (Fsp3) is 1.00. The summed E-state index contributed by atoms with van der Waals surface area (Å²) < 4.78 is 2.98. The molecule has 0 bridgehead atoms. The molecular weight excluding hydrogens is 228 g/mol. The topological polar surface area (TPSA) is 15.3 Å². The van der Waals surface area contributed by atoms with Crippen LogP contribution in [-0.2, 0) is 0 Å². The van der Waals surface area contributed by atoms with Gasteiger partial charge in [0.15, 0.2) is 0 Å². The zero-order valence-corrected chi connectivity index (χ0v) is 13.9. The number of hydrogen-bond acceptors (Lipinski definition) is 2. The Hall–Kier alpha value is 0.354. The number of nitrogens with zero attached hydrogens (tertiary/aromatic N) is 1. The monoisotopic (exact) mass is 258 g/mol. The third-order valence-electron chi connectivity index (χ3n) is 3.97. The first-order chi connectivity index (χ1) is 7.40. The molecule has 1 rings (SSSR count). The lowest BCUT2D eigenvalue weighted by atomic mass is 10.4. The molecule has 0 aromatic carbocycles. The van der Waals surface area contributed by atoms with Crippen LogP contribution in [0.3, 0.4) is 0 Å². The summed E-state index contributed by atoms with van der Waals surface area (Å²) in [5.74, 6) is 0. The van der Waals surface area contributed by atoms with Crippen LogP contribution in [0.1, 0.15) is 19.8 Å². The first-order valence-electron chi connectivity index (χ1n) is 6.88. The molecule has 1 heterocycles. The second-order valence-electron chi connectivity index (χ2n) is 6.38. The molecular formula is C12H30N2Si2. The van der Waals surface area contributed by atoms with Gasteiger partial charge in [0, 0.05) is 0 Å². The van der Waals surface area contributed by atoms with E-state index in [9.17, 15) is 0 Å². The number of hydrogen-bond donors (Lipinski definition) is 1. The van der Waals surface area contributed by atoms with Crippen LogP contribution < -0.4 is 5.32 Å². The van der Waals surface area contributed by atoms with E-state index in [1.54, 1.807) is 0 Å². The standard InChI is InChI=1S/C12H30N2Si2/c1-6-8-13-9-7-10-14-15(2,3)11-12-16(14,4)5/h13H,6-12H2,1-5H3. The van der Waals surface area contributed by atoms with Gasteiger partial charge in [0.1, 0.15) is 16.5 Å². The predicted octanol–water partition coefficient (Wildman–Crippen LogP) is 3.10. The number of nitrogens with one attached hydrogen (secondary N) is 1. The molecule has 0 saturated carbocycles. The lowest BCUT2D eigenvalue weighted by Crippen LogP contribution is -2.55. The van der Waals surface area contributed by atoms with Gasteiger partial charge in [-0.2, -0.15) is 0 Å². The highest BCUT2D eigenvalue weighted by molar-refractivity contribution is 6.95.